The van der Waals surface area contributed by atoms with Crippen LogP contribution in [0.25, 0.3) is 10.8 Å². The molecule has 0 aliphatic carbocycles. The summed E-state index contributed by atoms with van der Waals surface area (Å²) in [4.78, 5) is 14.2. The van der Waals surface area contributed by atoms with Crippen molar-refractivity contribution < 1.29 is 14.6 Å². The van der Waals surface area contributed by atoms with E-state index in [1.165, 1.54) is 16.3 Å². The second-order valence-corrected chi connectivity index (χ2v) is 10.7. The maximum Gasteiger partial charge on any atom is 0.313 e. The molecule has 0 bridgehead atoms. The van der Waals surface area contributed by atoms with Gasteiger partial charge < -0.3 is 14.7 Å². The van der Waals surface area contributed by atoms with E-state index in [0.29, 0.717) is 5.92 Å². The van der Waals surface area contributed by atoms with E-state index in [4.69, 9.17) is 4.74 Å². The molecule has 5 rings (SSSR count). The van der Waals surface area contributed by atoms with Gasteiger partial charge in [0.2, 0.25) is 0 Å². The van der Waals surface area contributed by atoms with Crippen LogP contribution in [0.15, 0.2) is 91.0 Å². The maximum atomic E-state index is 11.9. The minimum absolute atomic E-state index is 0.0609. The van der Waals surface area contributed by atoms with Gasteiger partial charge in [0.1, 0.15) is 11.9 Å². The molecule has 0 fully saturated rings. The third-order valence-corrected chi connectivity index (χ3v) is 7.77. The highest BCUT2D eigenvalue weighted by atomic mass is 16.5. The molecule has 0 saturated carbocycles. The van der Waals surface area contributed by atoms with Gasteiger partial charge in [-0.25, -0.2) is 0 Å². The third kappa shape index (κ3) is 5.06. The van der Waals surface area contributed by atoms with Gasteiger partial charge in [0.05, 0.1) is 17.6 Å². The molecule has 0 radical (unpaired) electrons. The van der Waals surface area contributed by atoms with E-state index in [1.54, 1.807) is 13.8 Å². The Kier molecular flexibility index (Phi) is 6.92. The van der Waals surface area contributed by atoms with Crippen LogP contribution in [0, 0.1) is 0 Å². The molecule has 1 N–H and O–H groups in total. The van der Waals surface area contributed by atoms with Crippen LogP contribution >= 0.6 is 0 Å². The van der Waals surface area contributed by atoms with E-state index in [2.05, 4.69) is 66.4 Å². The van der Waals surface area contributed by atoms with Crippen LogP contribution in [0.1, 0.15) is 57.1 Å². The standard InChI is InChI=1S/C33H35NO3/c1-23(28-18-9-13-24-12-4-5-17-29(24)28)11-8-16-27-22-34(30-19-6-7-20-31(30)37-27)26-15-10-14-25(21-26)33(2,3)32(35)36/h4-7,9-10,12-15,17-21,23,27H,8,11,16,22H2,1-3H3,(H,35,36)/t23-,27?/m0/s1. The lowest BCUT2D eigenvalue weighted by Crippen LogP contribution is -2.37. The molecule has 0 spiro atoms. The van der Waals surface area contributed by atoms with Gasteiger partial charge in [-0.15, -0.1) is 0 Å². The van der Waals surface area contributed by atoms with Gasteiger partial charge in [-0.3, -0.25) is 4.79 Å². The Bertz CT molecular complexity index is 1400. The number of hydrogen-bond acceptors (Lipinski definition) is 3. The molecule has 1 heterocycles. The number of carboxylic acids is 1. The first kappa shape index (κ1) is 24.9. The Balaban J connectivity index is 1.32. The van der Waals surface area contributed by atoms with Crippen molar-refractivity contribution in [2.45, 2.75) is 57.5 Å². The van der Waals surface area contributed by atoms with Crippen molar-refractivity contribution >= 4 is 28.1 Å². The molecule has 4 aromatic carbocycles. The number of anilines is 2. The Hall–Kier alpha value is -3.79. The van der Waals surface area contributed by atoms with Crippen molar-refractivity contribution in [3.8, 4) is 5.75 Å². The predicted octanol–water partition coefficient (Wildman–Crippen LogP) is 8.08. The van der Waals surface area contributed by atoms with Crippen molar-refractivity contribution in [2.24, 2.45) is 0 Å². The summed E-state index contributed by atoms with van der Waals surface area (Å²) in [6.07, 6.45) is 3.18. The molecule has 0 saturated heterocycles. The zero-order valence-corrected chi connectivity index (χ0v) is 21.9. The van der Waals surface area contributed by atoms with Crippen LogP contribution in [-0.4, -0.2) is 23.7 Å². The molecular formula is C33H35NO3. The Morgan fingerprint density at radius 3 is 2.57 bits per heavy atom. The van der Waals surface area contributed by atoms with E-state index in [9.17, 15) is 9.90 Å². The third-order valence-electron chi connectivity index (χ3n) is 7.77. The first-order chi connectivity index (χ1) is 17.8. The quantitative estimate of drug-likeness (QED) is 0.270. The van der Waals surface area contributed by atoms with Crippen molar-refractivity contribution in [3.63, 3.8) is 0 Å². The van der Waals surface area contributed by atoms with Crippen molar-refractivity contribution in [2.75, 3.05) is 11.4 Å². The molecule has 4 nitrogen and oxygen atoms in total. The van der Waals surface area contributed by atoms with Crippen LogP contribution in [0.2, 0.25) is 0 Å². The first-order valence-corrected chi connectivity index (χ1v) is 13.2. The van der Waals surface area contributed by atoms with Crippen LogP contribution in [0.3, 0.4) is 0 Å². The Morgan fingerprint density at radius 1 is 1.00 bits per heavy atom. The van der Waals surface area contributed by atoms with Crippen LogP contribution in [0.5, 0.6) is 5.75 Å². The maximum absolute atomic E-state index is 11.9. The van der Waals surface area contributed by atoms with Gasteiger partial charge in [-0.1, -0.05) is 73.7 Å². The van der Waals surface area contributed by atoms with E-state index >= 15 is 0 Å². The smallest absolute Gasteiger partial charge is 0.313 e. The summed E-state index contributed by atoms with van der Waals surface area (Å²) in [5, 5.41) is 12.4. The summed E-state index contributed by atoms with van der Waals surface area (Å²) in [6, 6.07) is 31.3. The molecular weight excluding hydrogens is 458 g/mol. The normalized spacial score (nSPS) is 16.2. The molecule has 1 aliphatic rings. The highest BCUT2D eigenvalue weighted by Gasteiger charge is 2.31. The summed E-state index contributed by atoms with van der Waals surface area (Å²) in [6.45, 7) is 6.56. The summed E-state index contributed by atoms with van der Waals surface area (Å²) in [5.74, 6) is 0.516. The lowest BCUT2D eigenvalue weighted by Gasteiger charge is -2.37. The van der Waals surface area contributed by atoms with Gasteiger partial charge in [0.25, 0.3) is 0 Å². The van der Waals surface area contributed by atoms with Crippen LogP contribution in [0.4, 0.5) is 11.4 Å². The molecule has 2 atom stereocenters. The average molecular weight is 494 g/mol. The molecule has 0 amide bonds. The van der Waals surface area contributed by atoms with Crippen LogP contribution in [-0.2, 0) is 10.2 Å². The van der Waals surface area contributed by atoms with Gasteiger partial charge in [0.15, 0.2) is 0 Å². The van der Waals surface area contributed by atoms with Gasteiger partial charge in [0, 0.05) is 5.69 Å². The minimum Gasteiger partial charge on any atom is -0.486 e. The number of carbonyl (C=O) groups is 1. The van der Waals surface area contributed by atoms with Crippen molar-refractivity contribution in [3.05, 3.63) is 102 Å². The van der Waals surface area contributed by atoms with E-state index in [1.807, 2.05) is 36.4 Å². The van der Waals surface area contributed by atoms with Crippen molar-refractivity contribution in [1.82, 2.24) is 0 Å². The predicted molar refractivity (Wildman–Crippen MR) is 151 cm³/mol. The fourth-order valence-corrected chi connectivity index (χ4v) is 5.37. The molecule has 4 heteroatoms. The number of fused-ring (bicyclic) bond motifs is 2. The zero-order chi connectivity index (χ0) is 26.0. The number of benzene rings is 4. The monoisotopic (exact) mass is 493 g/mol. The fourth-order valence-electron chi connectivity index (χ4n) is 5.37. The molecule has 1 unspecified atom stereocenters. The molecule has 4 aromatic rings. The fraction of sp³-hybridized carbons (Fsp3) is 0.303. The highest BCUT2D eigenvalue weighted by molar-refractivity contribution is 5.86. The van der Waals surface area contributed by atoms with E-state index in [-0.39, 0.29) is 6.10 Å². The van der Waals surface area contributed by atoms with Crippen molar-refractivity contribution in [1.29, 1.82) is 0 Å². The summed E-state index contributed by atoms with van der Waals surface area (Å²) < 4.78 is 6.44. The number of ether oxygens (including phenoxy) is 1. The molecule has 0 aromatic heterocycles. The lowest BCUT2D eigenvalue weighted by molar-refractivity contribution is -0.142. The summed E-state index contributed by atoms with van der Waals surface area (Å²) in [7, 11) is 0. The molecule has 1 aliphatic heterocycles. The SMILES string of the molecule is C[C@@H](CCCC1CN(c2cccc(C(C)(C)C(=O)O)c2)c2ccccc2O1)c1cccc2ccccc12. The zero-order valence-electron chi connectivity index (χ0n) is 21.9. The van der Waals surface area contributed by atoms with E-state index in [0.717, 1.165) is 48.5 Å². The highest BCUT2D eigenvalue weighted by Crippen LogP contribution is 2.40. The van der Waals surface area contributed by atoms with Gasteiger partial charge in [-0.2, -0.15) is 0 Å². The number of hydrogen-bond donors (Lipinski definition) is 1. The second kappa shape index (κ2) is 10.3. The average Bonchev–Trinajstić information content (AvgIpc) is 2.92. The summed E-state index contributed by atoms with van der Waals surface area (Å²) in [5.41, 5.74) is 3.26. The largest absolute Gasteiger partial charge is 0.486 e. The van der Waals surface area contributed by atoms with Gasteiger partial charge in [-0.05, 0) is 85.2 Å². The van der Waals surface area contributed by atoms with Crippen LogP contribution < -0.4 is 9.64 Å². The number of aliphatic carboxylic acids is 1. The second-order valence-electron chi connectivity index (χ2n) is 10.7. The van der Waals surface area contributed by atoms with Gasteiger partial charge >= 0.3 is 5.97 Å². The molecule has 190 valence electrons. The Labute approximate surface area is 219 Å². The van der Waals surface area contributed by atoms with E-state index < -0.39 is 11.4 Å². The minimum atomic E-state index is -0.959. The Morgan fingerprint density at radius 2 is 1.73 bits per heavy atom. The number of nitrogens with zero attached hydrogens (tertiary/aromatic N) is 1. The number of para-hydroxylation sites is 2. The first-order valence-electron chi connectivity index (χ1n) is 13.2. The topological polar surface area (TPSA) is 49.8 Å². The summed E-state index contributed by atoms with van der Waals surface area (Å²) >= 11 is 0. The molecule has 37 heavy (non-hydrogen) atoms. The number of carboxylic acid groups (broad SMARTS) is 1. The lowest BCUT2D eigenvalue weighted by atomic mass is 9.84. The number of rotatable bonds is 8.